The molecule has 1 aromatic carbocycles. The van der Waals surface area contributed by atoms with Crippen LogP contribution in [-0.2, 0) is 4.79 Å². The number of hydrogen-bond acceptors (Lipinski definition) is 3. The monoisotopic (exact) mass is 261 g/mol. The molecule has 4 nitrogen and oxygen atoms in total. The Balaban J connectivity index is 1.91. The zero-order valence-corrected chi connectivity index (χ0v) is 10.9. The van der Waals surface area contributed by atoms with Gasteiger partial charge < -0.3 is 9.84 Å². The lowest BCUT2D eigenvalue weighted by Crippen LogP contribution is -2.47. The Morgan fingerprint density at radius 3 is 2.95 bits per heavy atom. The van der Waals surface area contributed by atoms with Crippen molar-refractivity contribution in [3.8, 4) is 5.75 Å². The van der Waals surface area contributed by atoms with Gasteiger partial charge in [-0.2, -0.15) is 0 Å². The molecule has 0 spiro atoms. The second-order valence-corrected chi connectivity index (χ2v) is 5.28. The highest BCUT2D eigenvalue weighted by Crippen LogP contribution is 2.38. The van der Waals surface area contributed by atoms with Crippen LogP contribution in [-0.4, -0.2) is 35.2 Å². The van der Waals surface area contributed by atoms with Gasteiger partial charge in [0, 0.05) is 18.0 Å². The number of ether oxygens (including phenoxy) is 1. The average molecular weight is 261 g/mol. The van der Waals surface area contributed by atoms with Crippen molar-refractivity contribution in [2.24, 2.45) is 0 Å². The summed E-state index contributed by atoms with van der Waals surface area (Å²) < 4.78 is 5.67. The van der Waals surface area contributed by atoms with Crippen molar-refractivity contribution in [2.75, 3.05) is 13.2 Å². The molecule has 3 rings (SSSR count). The fraction of sp³-hybridized carbons (Fsp3) is 0.533. The minimum absolute atomic E-state index is 0.186. The first-order valence-electron chi connectivity index (χ1n) is 6.97. The lowest BCUT2D eigenvalue weighted by Gasteiger charge is -2.41. The molecule has 1 N–H and O–H groups in total. The maximum Gasteiger partial charge on any atom is 0.320 e. The highest BCUT2D eigenvalue weighted by molar-refractivity contribution is 5.73. The van der Waals surface area contributed by atoms with Gasteiger partial charge in [-0.3, -0.25) is 9.69 Å². The number of aliphatic carboxylic acids is 1. The zero-order valence-electron chi connectivity index (χ0n) is 10.9. The van der Waals surface area contributed by atoms with Crippen LogP contribution in [0.3, 0.4) is 0 Å². The second-order valence-electron chi connectivity index (χ2n) is 5.28. The Bertz CT molecular complexity index is 474. The van der Waals surface area contributed by atoms with E-state index in [0.717, 1.165) is 43.5 Å². The minimum Gasteiger partial charge on any atom is -0.493 e. The standard InChI is InChI=1S/C15H19NO3/c17-15(18)13-6-3-4-9-16(13)12-8-10-19-14-7-2-1-5-11(12)14/h1-2,5,7,12-13H,3-4,6,8-10H2,(H,17,18). The number of rotatable bonds is 2. The Kier molecular flexibility index (Phi) is 3.42. The fourth-order valence-electron chi connectivity index (χ4n) is 3.26. The van der Waals surface area contributed by atoms with Crippen molar-refractivity contribution in [1.82, 2.24) is 4.90 Å². The van der Waals surface area contributed by atoms with E-state index in [1.54, 1.807) is 0 Å². The van der Waals surface area contributed by atoms with Gasteiger partial charge in [-0.1, -0.05) is 24.6 Å². The van der Waals surface area contributed by atoms with Crippen LogP contribution in [0.5, 0.6) is 5.75 Å². The molecule has 0 aromatic heterocycles. The normalized spacial score (nSPS) is 27.4. The minimum atomic E-state index is -0.691. The molecule has 1 aromatic rings. The molecule has 0 aliphatic carbocycles. The number of hydrogen-bond donors (Lipinski definition) is 1. The van der Waals surface area contributed by atoms with Gasteiger partial charge in [-0.25, -0.2) is 0 Å². The van der Waals surface area contributed by atoms with Crippen molar-refractivity contribution >= 4 is 5.97 Å². The smallest absolute Gasteiger partial charge is 0.320 e. The van der Waals surface area contributed by atoms with Gasteiger partial charge in [-0.15, -0.1) is 0 Å². The van der Waals surface area contributed by atoms with Gasteiger partial charge in [0.2, 0.25) is 0 Å². The lowest BCUT2D eigenvalue weighted by molar-refractivity contribution is -0.146. The highest BCUT2D eigenvalue weighted by atomic mass is 16.5. The third-order valence-electron chi connectivity index (χ3n) is 4.16. The number of fused-ring (bicyclic) bond motifs is 1. The summed E-state index contributed by atoms with van der Waals surface area (Å²) in [6.45, 7) is 1.54. The second kappa shape index (κ2) is 5.21. The van der Waals surface area contributed by atoms with E-state index in [1.165, 1.54) is 0 Å². The van der Waals surface area contributed by atoms with E-state index >= 15 is 0 Å². The quantitative estimate of drug-likeness (QED) is 0.888. The molecule has 2 aliphatic rings. The fourth-order valence-corrected chi connectivity index (χ4v) is 3.26. The van der Waals surface area contributed by atoms with Crippen molar-refractivity contribution in [3.63, 3.8) is 0 Å². The number of carbonyl (C=O) groups is 1. The van der Waals surface area contributed by atoms with E-state index in [4.69, 9.17) is 4.74 Å². The molecule has 102 valence electrons. The number of nitrogens with zero attached hydrogens (tertiary/aromatic N) is 1. The number of carboxylic acids is 1. The molecular weight excluding hydrogens is 242 g/mol. The molecule has 0 bridgehead atoms. The van der Waals surface area contributed by atoms with Gasteiger partial charge in [0.15, 0.2) is 0 Å². The average Bonchev–Trinajstić information content (AvgIpc) is 2.46. The molecule has 4 heteroatoms. The largest absolute Gasteiger partial charge is 0.493 e. The number of benzene rings is 1. The zero-order chi connectivity index (χ0) is 13.2. The molecule has 19 heavy (non-hydrogen) atoms. The maximum absolute atomic E-state index is 11.4. The molecule has 2 aliphatic heterocycles. The Morgan fingerprint density at radius 1 is 1.26 bits per heavy atom. The molecule has 1 fully saturated rings. The third-order valence-corrected chi connectivity index (χ3v) is 4.16. The Morgan fingerprint density at radius 2 is 2.11 bits per heavy atom. The summed E-state index contributed by atoms with van der Waals surface area (Å²) in [4.78, 5) is 13.6. The van der Waals surface area contributed by atoms with Crippen LogP contribution in [0.1, 0.15) is 37.3 Å². The van der Waals surface area contributed by atoms with Crippen molar-refractivity contribution < 1.29 is 14.6 Å². The van der Waals surface area contributed by atoms with Crippen molar-refractivity contribution in [2.45, 2.75) is 37.8 Å². The third kappa shape index (κ3) is 2.32. The van der Waals surface area contributed by atoms with E-state index in [0.29, 0.717) is 6.61 Å². The summed E-state index contributed by atoms with van der Waals surface area (Å²) in [5, 5.41) is 9.41. The molecule has 0 saturated carbocycles. The van der Waals surface area contributed by atoms with E-state index in [1.807, 2.05) is 18.2 Å². The van der Waals surface area contributed by atoms with Gasteiger partial charge in [-0.05, 0) is 25.5 Å². The van der Waals surface area contributed by atoms with E-state index in [9.17, 15) is 9.90 Å². The molecule has 2 atom stereocenters. The van der Waals surface area contributed by atoms with Crippen LogP contribution in [0.25, 0.3) is 0 Å². The Labute approximate surface area is 113 Å². The van der Waals surface area contributed by atoms with Crippen LogP contribution in [0, 0.1) is 0 Å². The number of carboxylic acid groups (broad SMARTS) is 1. The lowest BCUT2D eigenvalue weighted by atomic mass is 9.93. The molecule has 2 heterocycles. The van der Waals surface area contributed by atoms with Crippen LogP contribution >= 0.6 is 0 Å². The van der Waals surface area contributed by atoms with Crippen LogP contribution < -0.4 is 4.74 Å². The topological polar surface area (TPSA) is 49.8 Å². The maximum atomic E-state index is 11.4. The van der Waals surface area contributed by atoms with Crippen LogP contribution in [0.15, 0.2) is 24.3 Å². The summed E-state index contributed by atoms with van der Waals surface area (Å²) in [6.07, 6.45) is 3.73. The molecule has 0 radical (unpaired) electrons. The number of likely N-dealkylation sites (tertiary alicyclic amines) is 1. The predicted molar refractivity (Wildman–Crippen MR) is 71.3 cm³/mol. The summed E-state index contributed by atoms with van der Waals surface area (Å²) >= 11 is 0. The first kappa shape index (κ1) is 12.5. The first-order chi connectivity index (χ1) is 9.27. The van der Waals surface area contributed by atoms with Gasteiger partial charge in [0.1, 0.15) is 11.8 Å². The van der Waals surface area contributed by atoms with Crippen LogP contribution in [0.4, 0.5) is 0 Å². The Hall–Kier alpha value is -1.55. The van der Waals surface area contributed by atoms with Gasteiger partial charge in [0.25, 0.3) is 0 Å². The van der Waals surface area contributed by atoms with E-state index in [-0.39, 0.29) is 12.1 Å². The predicted octanol–water partition coefficient (Wildman–Crippen LogP) is 2.45. The number of piperidine rings is 1. The summed E-state index contributed by atoms with van der Waals surface area (Å²) in [7, 11) is 0. The SMILES string of the molecule is O=C(O)C1CCCCN1C1CCOc2ccccc21. The highest BCUT2D eigenvalue weighted by Gasteiger charge is 2.36. The van der Waals surface area contributed by atoms with Crippen molar-refractivity contribution in [1.29, 1.82) is 0 Å². The van der Waals surface area contributed by atoms with Crippen molar-refractivity contribution in [3.05, 3.63) is 29.8 Å². The molecule has 2 unspecified atom stereocenters. The first-order valence-corrected chi connectivity index (χ1v) is 6.97. The van der Waals surface area contributed by atoms with Gasteiger partial charge in [0.05, 0.1) is 6.61 Å². The molecule has 0 amide bonds. The molecule has 1 saturated heterocycles. The summed E-state index contributed by atoms with van der Waals surface area (Å²) in [6, 6.07) is 7.84. The molecular formula is C15H19NO3. The summed E-state index contributed by atoms with van der Waals surface area (Å²) in [5.41, 5.74) is 1.14. The van der Waals surface area contributed by atoms with E-state index in [2.05, 4.69) is 11.0 Å². The van der Waals surface area contributed by atoms with E-state index < -0.39 is 5.97 Å². The van der Waals surface area contributed by atoms with Gasteiger partial charge >= 0.3 is 5.97 Å². The summed E-state index contributed by atoms with van der Waals surface area (Å²) in [5.74, 6) is 0.220. The van der Waals surface area contributed by atoms with Crippen LogP contribution in [0.2, 0.25) is 0 Å². The number of para-hydroxylation sites is 1.